The third kappa shape index (κ3) is 4.16. The molecule has 32 heavy (non-hydrogen) atoms. The van der Waals surface area contributed by atoms with Gasteiger partial charge in [0.15, 0.2) is 0 Å². The first kappa shape index (κ1) is 20.5. The zero-order valence-corrected chi connectivity index (χ0v) is 18.0. The van der Waals surface area contributed by atoms with Crippen molar-refractivity contribution in [2.24, 2.45) is 0 Å². The number of ketones is 1. The molecule has 3 N–H and O–H groups in total. The van der Waals surface area contributed by atoms with E-state index in [4.69, 9.17) is 0 Å². The number of fused-ring (bicyclic) bond motifs is 3. The van der Waals surface area contributed by atoms with E-state index in [1.165, 1.54) is 32.4 Å². The number of carbonyl (C=O) groups is 1. The number of rotatable bonds is 7. The Morgan fingerprint density at radius 1 is 1.06 bits per heavy atom. The van der Waals surface area contributed by atoms with E-state index in [9.17, 15) is 9.90 Å². The van der Waals surface area contributed by atoms with Crippen molar-refractivity contribution in [2.45, 2.75) is 25.7 Å². The van der Waals surface area contributed by atoms with Crippen LogP contribution in [0.2, 0.25) is 0 Å². The number of carbonyl (C=O) groups excluding carboxylic acids is 1. The minimum Gasteiger partial charge on any atom is -0.508 e. The molecule has 5 rings (SSSR count). The molecule has 2 aromatic heterocycles. The number of hydrogen-bond donors (Lipinski definition) is 3. The molecule has 0 atom stereocenters. The van der Waals surface area contributed by atoms with E-state index in [2.05, 4.69) is 25.2 Å². The van der Waals surface area contributed by atoms with Gasteiger partial charge in [-0.25, -0.2) is 9.97 Å². The summed E-state index contributed by atoms with van der Waals surface area (Å²) >= 11 is 0. The molecule has 1 fully saturated rings. The molecule has 1 aliphatic rings. The summed E-state index contributed by atoms with van der Waals surface area (Å²) in [5, 5.41) is 15.1. The van der Waals surface area contributed by atoms with Gasteiger partial charge in [-0.05, 0) is 51.0 Å². The standard InChI is InChI=1S/C25H27N5O2/c31-18-10-11-19-20(16-18)27-24-21(19)23(26-12-7-15-30-13-5-2-6-14-30)28-25(29-24)22(32)17-8-3-1-4-9-17/h1,3-4,8-11,16,31H,2,5-7,12-15H2,(H2,26,27,28,29). The fourth-order valence-corrected chi connectivity index (χ4v) is 4.43. The van der Waals surface area contributed by atoms with E-state index in [0.717, 1.165) is 35.8 Å². The number of aromatic nitrogens is 3. The molecular weight excluding hydrogens is 402 g/mol. The predicted molar refractivity (Wildman–Crippen MR) is 126 cm³/mol. The number of H-pyrrole nitrogens is 1. The molecule has 0 bridgehead atoms. The average Bonchev–Trinajstić information content (AvgIpc) is 3.20. The van der Waals surface area contributed by atoms with Crippen LogP contribution in [0.5, 0.6) is 5.75 Å². The second-order valence-electron chi connectivity index (χ2n) is 8.35. The lowest BCUT2D eigenvalue weighted by Crippen LogP contribution is -2.31. The normalized spacial score (nSPS) is 14.8. The summed E-state index contributed by atoms with van der Waals surface area (Å²) in [5.41, 5.74) is 1.89. The summed E-state index contributed by atoms with van der Waals surface area (Å²) in [7, 11) is 0. The van der Waals surface area contributed by atoms with Gasteiger partial charge >= 0.3 is 0 Å². The van der Waals surface area contributed by atoms with Gasteiger partial charge < -0.3 is 20.3 Å². The second kappa shape index (κ2) is 8.96. The van der Waals surface area contributed by atoms with Crippen LogP contribution in [0.25, 0.3) is 21.9 Å². The van der Waals surface area contributed by atoms with E-state index in [1.807, 2.05) is 24.3 Å². The van der Waals surface area contributed by atoms with Crippen LogP contribution in [0, 0.1) is 0 Å². The third-order valence-electron chi connectivity index (χ3n) is 6.07. The van der Waals surface area contributed by atoms with Crippen LogP contribution in [0.15, 0.2) is 48.5 Å². The van der Waals surface area contributed by atoms with E-state index in [1.54, 1.807) is 24.3 Å². The van der Waals surface area contributed by atoms with Gasteiger partial charge in [-0.15, -0.1) is 0 Å². The number of phenols is 1. The van der Waals surface area contributed by atoms with Crippen LogP contribution in [0.1, 0.15) is 41.9 Å². The molecule has 7 heteroatoms. The van der Waals surface area contributed by atoms with Crippen molar-refractivity contribution in [3.8, 4) is 5.75 Å². The molecule has 3 heterocycles. The highest BCUT2D eigenvalue weighted by atomic mass is 16.3. The lowest BCUT2D eigenvalue weighted by molar-refractivity contribution is 0.103. The molecule has 1 aliphatic heterocycles. The fourth-order valence-electron chi connectivity index (χ4n) is 4.43. The topological polar surface area (TPSA) is 94.1 Å². The monoisotopic (exact) mass is 429 g/mol. The van der Waals surface area contributed by atoms with E-state index in [-0.39, 0.29) is 17.4 Å². The van der Waals surface area contributed by atoms with Crippen LogP contribution in [0.4, 0.5) is 5.82 Å². The van der Waals surface area contributed by atoms with Crippen molar-refractivity contribution in [3.63, 3.8) is 0 Å². The molecule has 1 saturated heterocycles. The van der Waals surface area contributed by atoms with Gasteiger partial charge in [0, 0.05) is 23.6 Å². The highest BCUT2D eigenvalue weighted by Gasteiger charge is 2.19. The van der Waals surface area contributed by atoms with Crippen LogP contribution < -0.4 is 5.32 Å². The molecule has 0 amide bonds. The summed E-state index contributed by atoms with van der Waals surface area (Å²) in [5.74, 6) is 0.752. The molecule has 7 nitrogen and oxygen atoms in total. The maximum absolute atomic E-state index is 13.0. The van der Waals surface area contributed by atoms with Crippen molar-refractivity contribution >= 4 is 33.5 Å². The van der Waals surface area contributed by atoms with Crippen molar-refractivity contribution < 1.29 is 9.90 Å². The van der Waals surface area contributed by atoms with Crippen LogP contribution in [-0.4, -0.2) is 56.9 Å². The Bertz CT molecular complexity index is 1250. The number of aromatic amines is 1. The fraction of sp³-hybridized carbons (Fsp3) is 0.320. The number of nitrogens with one attached hydrogen (secondary N) is 2. The Balaban J connectivity index is 1.46. The van der Waals surface area contributed by atoms with E-state index < -0.39 is 0 Å². The molecule has 0 radical (unpaired) electrons. The number of likely N-dealkylation sites (tertiary alicyclic amines) is 1. The Morgan fingerprint density at radius 2 is 1.88 bits per heavy atom. The predicted octanol–water partition coefficient (Wildman–Crippen LogP) is 4.34. The first-order valence-electron chi connectivity index (χ1n) is 11.3. The molecule has 0 saturated carbocycles. The molecule has 4 aromatic rings. The highest BCUT2D eigenvalue weighted by molar-refractivity contribution is 6.14. The van der Waals surface area contributed by atoms with Gasteiger partial charge in [-0.3, -0.25) is 4.79 Å². The zero-order valence-electron chi connectivity index (χ0n) is 18.0. The maximum Gasteiger partial charge on any atom is 0.230 e. The summed E-state index contributed by atoms with van der Waals surface area (Å²) < 4.78 is 0. The zero-order chi connectivity index (χ0) is 21.9. The number of nitrogens with zero attached hydrogens (tertiary/aromatic N) is 3. The second-order valence-corrected chi connectivity index (χ2v) is 8.35. The van der Waals surface area contributed by atoms with Crippen molar-refractivity contribution in [3.05, 3.63) is 59.9 Å². The minimum atomic E-state index is -0.217. The number of anilines is 1. The van der Waals surface area contributed by atoms with Crippen LogP contribution >= 0.6 is 0 Å². The van der Waals surface area contributed by atoms with Crippen LogP contribution in [0.3, 0.4) is 0 Å². The minimum absolute atomic E-state index is 0.151. The van der Waals surface area contributed by atoms with Gasteiger partial charge in [-0.1, -0.05) is 36.8 Å². The summed E-state index contributed by atoms with van der Waals surface area (Å²) in [6.45, 7) is 4.17. The van der Waals surface area contributed by atoms with Gasteiger partial charge in [0.25, 0.3) is 0 Å². The van der Waals surface area contributed by atoms with Gasteiger partial charge in [-0.2, -0.15) is 0 Å². The Labute approximate surface area is 186 Å². The summed E-state index contributed by atoms with van der Waals surface area (Å²) in [6.07, 6.45) is 4.90. The smallest absolute Gasteiger partial charge is 0.230 e. The Morgan fingerprint density at radius 3 is 2.69 bits per heavy atom. The number of piperidine rings is 1. The first-order chi connectivity index (χ1) is 15.7. The van der Waals surface area contributed by atoms with Gasteiger partial charge in [0.1, 0.15) is 17.2 Å². The first-order valence-corrected chi connectivity index (χ1v) is 11.3. The molecule has 0 unspecified atom stereocenters. The molecule has 0 spiro atoms. The maximum atomic E-state index is 13.0. The molecule has 0 aliphatic carbocycles. The van der Waals surface area contributed by atoms with Crippen LogP contribution in [-0.2, 0) is 0 Å². The lowest BCUT2D eigenvalue weighted by Gasteiger charge is -2.26. The van der Waals surface area contributed by atoms with Crippen molar-refractivity contribution in [1.82, 2.24) is 19.9 Å². The quantitative estimate of drug-likeness (QED) is 0.299. The number of phenolic OH excluding ortho intramolecular Hbond substituents is 1. The van der Waals surface area contributed by atoms with Gasteiger partial charge in [0.05, 0.1) is 10.9 Å². The molecule has 164 valence electrons. The van der Waals surface area contributed by atoms with Gasteiger partial charge in [0.2, 0.25) is 11.6 Å². The van der Waals surface area contributed by atoms with Crippen molar-refractivity contribution in [2.75, 3.05) is 31.5 Å². The largest absolute Gasteiger partial charge is 0.508 e. The summed E-state index contributed by atoms with van der Waals surface area (Å²) in [4.78, 5) is 28.0. The summed E-state index contributed by atoms with van der Waals surface area (Å²) in [6, 6.07) is 14.2. The molecule has 2 aromatic carbocycles. The number of hydrogen-bond acceptors (Lipinski definition) is 6. The lowest BCUT2D eigenvalue weighted by atomic mass is 10.1. The average molecular weight is 430 g/mol. The third-order valence-corrected chi connectivity index (χ3v) is 6.07. The SMILES string of the molecule is O=C(c1ccccc1)c1nc(NCCCN2CCCCC2)c2c(n1)[nH]c1cc(O)ccc12. The number of aromatic hydroxyl groups is 1. The molecular formula is C25H27N5O2. The van der Waals surface area contributed by atoms with E-state index >= 15 is 0 Å². The van der Waals surface area contributed by atoms with E-state index in [0.29, 0.717) is 17.0 Å². The Hall–Kier alpha value is -3.45. The van der Waals surface area contributed by atoms with Crippen molar-refractivity contribution in [1.29, 1.82) is 0 Å². The highest BCUT2D eigenvalue weighted by Crippen LogP contribution is 2.31. The number of benzene rings is 2. The Kier molecular flexibility index (Phi) is 5.73.